The molecule has 3 aromatic rings. The number of nitrogens with zero attached hydrogens (tertiary/aromatic N) is 2. The van der Waals surface area contributed by atoms with Gasteiger partial charge in [0.2, 0.25) is 5.91 Å². The van der Waals surface area contributed by atoms with E-state index >= 15 is 0 Å². The van der Waals surface area contributed by atoms with Crippen LogP contribution in [0.2, 0.25) is 0 Å². The Balaban J connectivity index is 1.50. The molecule has 0 saturated heterocycles. The summed E-state index contributed by atoms with van der Waals surface area (Å²) in [6.07, 6.45) is 3.49. The average molecular weight is 388 g/mol. The van der Waals surface area contributed by atoms with Crippen molar-refractivity contribution in [3.8, 4) is 0 Å². The second-order valence-electron chi connectivity index (χ2n) is 7.45. The lowest BCUT2D eigenvalue weighted by molar-refractivity contribution is -0.116. The predicted molar refractivity (Wildman–Crippen MR) is 112 cm³/mol. The maximum Gasteiger partial charge on any atom is 0.255 e. The highest BCUT2D eigenvalue weighted by molar-refractivity contribution is 5.96. The van der Waals surface area contributed by atoms with Gasteiger partial charge in [0.1, 0.15) is 0 Å². The van der Waals surface area contributed by atoms with Crippen LogP contribution in [0.25, 0.3) is 0 Å². The second kappa shape index (κ2) is 7.91. The Labute approximate surface area is 169 Å². The molecule has 1 aliphatic rings. The zero-order valence-corrected chi connectivity index (χ0v) is 16.6. The summed E-state index contributed by atoms with van der Waals surface area (Å²) >= 11 is 0. The van der Waals surface area contributed by atoms with Crippen molar-refractivity contribution >= 4 is 17.5 Å². The van der Waals surface area contributed by atoms with E-state index in [1.807, 2.05) is 56.4 Å². The molecule has 0 fully saturated rings. The zero-order valence-electron chi connectivity index (χ0n) is 16.6. The summed E-state index contributed by atoms with van der Waals surface area (Å²) in [5, 5.41) is 10.3. The number of anilines is 1. The van der Waals surface area contributed by atoms with Gasteiger partial charge < -0.3 is 10.6 Å². The van der Waals surface area contributed by atoms with Gasteiger partial charge in [0.05, 0.1) is 23.5 Å². The third-order valence-electron chi connectivity index (χ3n) is 5.39. The van der Waals surface area contributed by atoms with Crippen LogP contribution in [0.3, 0.4) is 0 Å². The summed E-state index contributed by atoms with van der Waals surface area (Å²) < 4.78 is 1.76. The molecule has 0 radical (unpaired) electrons. The highest BCUT2D eigenvalue weighted by Gasteiger charge is 2.20. The number of rotatable bonds is 5. The fourth-order valence-corrected chi connectivity index (χ4v) is 3.68. The standard InChI is InChI=1S/C23H24N4O2/c1-15(17-8-10-20-18(13-17)9-11-22(28)26-20)25-23(29)19-14-24-27(2)21(19)12-16-6-4-3-5-7-16/h3-8,10,13-15H,9,11-12H2,1-2H3,(H,25,29)(H,26,28). The van der Waals surface area contributed by atoms with Crippen molar-refractivity contribution in [3.63, 3.8) is 0 Å². The number of nitrogens with one attached hydrogen (secondary N) is 2. The van der Waals surface area contributed by atoms with Crippen molar-refractivity contribution in [3.05, 3.63) is 82.7 Å². The minimum Gasteiger partial charge on any atom is -0.345 e. The van der Waals surface area contributed by atoms with Gasteiger partial charge in [0.25, 0.3) is 5.91 Å². The van der Waals surface area contributed by atoms with Crippen molar-refractivity contribution in [1.29, 1.82) is 0 Å². The molecular formula is C23H24N4O2. The summed E-state index contributed by atoms with van der Waals surface area (Å²) in [5.74, 6) is -0.0864. The van der Waals surface area contributed by atoms with Gasteiger partial charge in [-0.2, -0.15) is 5.10 Å². The monoisotopic (exact) mass is 388 g/mol. The molecule has 1 aliphatic heterocycles. The number of benzene rings is 2. The number of carbonyl (C=O) groups excluding carboxylic acids is 2. The lowest BCUT2D eigenvalue weighted by Gasteiger charge is -2.20. The minimum atomic E-state index is -0.157. The van der Waals surface area contributed by atoms with Crippen LogP contribution >= 0.6 is 0 Å². The number of hydrogen-bond acceptors (Lipinski definition) is 3. The molecule has 4 rings (SSSR count). The van der Waals surface area contributed by atoms with E-state index < -0.39 is 0 Å². The summed E-state index contributed by atoms with van der Waals surface area (Å²) in [5.41, 5.74) is 5.59. The molecule has 0 saturated carbocycles. The largest absolute Gasteiger partial charge is 0.345 e. The first kappa shape index (κ1) is 18.9. The molecular weight excluding hydrogens is 364 g/mol. The molecule has 6 heteroatoms. The average Bonchev–Trinajstić information content (AvgIpc) is 3.08. The molecule has 148 valence electrons. The first-order valence-electron chi connectivity index (χ1n) is 9.79. The topological polar surface area (TPSA) is 76.0 Å². The van der Waals surface area contributed by atoms with E-state index in [1.165, 1.54) is 0 Å². The molecule has 1 atom stereocenters. The smallest absolute Gasteiger partial charge is 0.255 e. The molecule has 1 aromatic heterocycles. The maximum absolute atomic E-state index is 13.0. The minimum absolute atomic E-state index is 0.0501. The van der Waals surface area contributed by atoms with E-state index in [0.29, 0.717) is 18.4 Å². The van der Waals surface area contributed by atoms with Crippen LogP contribution in [0.1, 0.15) is 52.1 Å². The highest BCUT2D eigenvalue weighted by atomic mass is 16.2. The Morgan fingerprint density at radius 3 is 2.79 bits per heavy atom. The number of amides is 2. The van der Waals surface area contributed by atoms with Crippen LogP contribution in [-0.4, -0.2) is 21.6 Å². The zero-order chi connectivity index (χ0) is 20.4. The molecule has 0 bridgehead atoms. The van der Waals surface area contributed by atoms with Crippen LogP contribution in [0, 0.1) is 0 Å². The van der Waals surface area contributed by atoms with Crippen LogP contribution in [0.15, 0.2) is 54.7 Å². The number of aryl methyl sites for hydroxylation is 2. The van der Waals surface area contributed by atoms with Crippen LogP contribution in [0.4, 0.5) is 5.69 Å². The van der Waals surface area contributed by atoms with Gasteiger partial charge in [0.15, 0.2) is 0 Å². The van der Waals surface area contributed by atoms with E-state index in [1.54, 1.807) is 10.9 Å². The van der Waals surface area contributed by atoms with Gasteiger partial charge in [-0.1, -0.05) is 42.5 Å². The number of hydrogen-bond donors (Lipinski definition) is 2. The third kappa shape index (κ3) is 4.06. The summed E-state index contributed by atoms with van der Waals surface area (Å²) in [6.45, 7) is 1.97. The van der Waals surface area contributed by atoms with Crippen molar-refractivity contribution in [2.45, 2.75) is 32.2 Å². The highest BCUT2D eigenvalue weighted by Crippen LogP contribution is 2.26. The molecule has 2 N–H and O–H groups in total. The van der Waals surface area contributed by atoms with Gasteiger partial charge in [0, 0.05) is 25.6 Å². The Bertz CT molecular complexity index is 1060. The quantitative estimate of drug-likeness (QED) is 0.703. The van der Waals surface area contributed by atoms with Crippen LogP contribution < -0.4 is 10.6 Å². The Kier molecular flexibility index (Phi) is 5.16. The molecule has 6 nitrogen and oxygen atoms in total. The van der Waals surface area contributed by atoms with Crippen molar-refractivity contribution in [1.82, 2.24) is 15.1 Å². The van der Waals surface area contributed by atoms with E-state index in [4.69, 9.17) is 0 Å². The van der Waals surface area contributed by atoms with Crippen molar-refractivity contribution in [2.75, 3.05) is 5.32 Å². The normalized spacial score (nSPS) is 14.1. The first-order valence-corrected chi connectivity index (χ1v) is 9.79. The summed E-state index contributed by atoms with van der Waals surface area (Å²) in [6, 6.07) is 15.8. The third-order valence-corrected chi connectivity index (χ3v) is 5.39. The van der Waals surface area contributed by atoms with Crippen molar-refractivity contribution in [2.24, 2.45) is 7.05 Å². The van der Waals surface area contributed by atoms with E-state index in [-0.39, 0.29) is 17.9 Å². The van der Waals surface area contributed by atoms with Gasteiger partial charge in [-0.3, -0.25) is 14.3 Å². The van der Waals surface area contributed by atoms with E-state index in [0.717, 1.165) is 34.5 Å². The molecule has 0 aliphatic carbocycles. The molecule has 2 heterocycles. The van der Waals surface area contributed by atoms with Gasteiger partial charge in [-0.05, 0) is 36.1 Å². The maximum atomic E-state index is 13.0. The number of carbonyl (C=O) groups is 2. The van der Waals surface area contributed by atoms with Gasteiger partial charge in [-0.25, -0.2) is 0 Å². The number of aromatic nitrogens is 2. The first-order chi connectivity index (χ1) is 14.0. The van der Waals surface area contributed by atoms with E-state index in [2.05, 4.69) is 21.8 Å². The Morgan fingerprint density at radius 2 is 2.00 bits per heavy atom. The summed E-state index contributed by atoms with van der Waals surface area (Å²) in [4.78, 5) is 24.5. The SMILES string of the molecule is CC(NC(=O)c1cnn(C)c1Cc1ccccc1)c1ccc2c(c1)CCC(=O)N2. The molecule has 1 unspecified atom stereocenters. The molecule has 29 heavy (non-hydrogen) atoms. The van der Waals surface area contributed by atoms with Crippen LogP contribution in [-0.2, 0) is 24.7 Å². The second-order valence-corrected chi connectivity index (χ2v) is 7.45. The fourth-order valence-electron chi connectivity index (χ4n) is 3.68. The van der Waals surface area contributed by atoms with Crippen LogP contribution in [0.5, 0.6) is 0 Å². The van der Waals surface area contributed by atoms with Crippen molar-refractivity contribution < 1.29 is 9.59 Å². The molecule has 0 spiro atoms. The van der Waals surface area contributed by atoms with Gasteiger partial charge in [-0.15, -0.1) is 0 Å². The molecule has 2 amide bonds. The lowest BCUT2D eigenvalue weighted by atomic mass is 9.97. The summed E-state index contributed by atoms with van der Waals surface area (Å²) in [7, 11) is 1.86. The number of fused-ring (bicyclic) bond motifs is 1. The van der Waals surface area contributed by atoms with Gasteiger partial charge >= 0.3 is 0 Å². The molecule has 2 aromatic carbocycles. The Hall–Kier alpha value is -3.41. The van der Waals surface area contributed by atoms with E-state index in [9.17, 15) is 9.59 Å². The lowest BCUT2D eigenvalue weighted by Crippen LogP contribution is -2.28. The fraction of sp³-hybridized carbons (Fsp3) is 0.261. The predicted octanol–water partition coefficient (Wildman–Crippen LogP) is 3.39. The Morgan fingerprint density at radius 1 is 1.21 bits per heavy atom.